The van der Waals surface area contributed by atoms with Crippen molar-refractivity contribution in [3.63, 3.8) is 0 Å². The maximum Gasteiger partial charge on any atom is 0.311 e. The van der Waals surface area contributed by atoms with Gasteiger partial charge >= 0.3 is 5.69 Å². The van der Waals surface area contributed by atoms with Crippen molar-refractivity contribution in [1.82, 2.24) is 5.43 Å². The predicted molar refractivity (Wildman–Crippen MR) is 90.1 cm³/mol. The molecule has 0 unspecified atom stereocenters. The first-order chi connectivity index (χ1) is 11.5. The van der Waals surface area contributed by atoms with Gasteiger partial charge in [0.15, 0.2) is 12.4 Å². The fourth-order valence-electron chi connectivity index (χ4n) is 1.68. The normalized spacial score (nSPS) is 10.5. The maximum atomic E-state index is 11.6. The minimum Gasteiger partial charge on any atom is -0.502 e. The van der Waals surface area contributed by atoms with Gasteiger partial charge in [0.1, 0.15) is 5.75 Å². The van der Waals surface area contributed by atoms with E-state index in [9.17, 15) is 20.0 Å². The molecule has 0 aliphatic carbocycles. The first-order valence-electron chi connectivity index (χ1n) is 6.64. The van der Waals surface area contributed by atoms with Gasteiger partial charge in [-0.05, 0) is 40.2 Å². The highest BCUT2D eigenvalue weighted by atomic mass is 79.9. The summed E-state index contributed by atoms with van der Waals surface area (Å²) in [5.74, 6) is -0.413. The van der Waals surface area contributed by atoms with Crippen molar-refractivity contribution in [2.75, 3.05) is 6.61 Å². The monoisotopic (exact) mass is 393 g/mol. The Labute approximate surface area is 145 Å². The topological polar surface area (TPSA) is 114 Å². The van der Waals surface area contributed by atoms with Crippen LogP contribution in [0.15, 0.2) is 52.0 Å². The zero-order valence-electron chi connectivity index (χ0n) is 12.2. The molecular formula is C15H12BrN3O5. The highest BCUT2D eigenvalue weighted by molar-refractivity contribution is 9.10. The largest absolute Gasteiger partial charge is 0.502 e. The first kappa shape index (κ1) is 17.4. The fraction of sp³-hybridized carbons (Fsp3) is 0.0667. The maximum absolute atomic E-state index is 11.6. The molecule has 0 spiro atoms. The number of ether oxygens (including phenoxy) is 1. The molecule has 2 aromatic rings. The fourth-order valence-corrected chi connectivity index (χ4v) is 2.08. The molecule has 0 aromatic heterocycles. The van der Waals surface area contributed by atoms with E-state index in [0.717, 1.165) is 10.5 Å². The molecule has 0 saturated heterocycles. The highest BCUT2D eigenvalue weighted by Gasteiger charge is 2.12. The molecule has 0 aliphatic heterocycles. The van der Waals surface area contributed by atoms with Gasteiger partial charge in [-0.3, -0.25) is 14.9 Å². The molecule has 2 aromatic carbocycles. The van der Waals surface area contributed by atoms with E-state index >= 15 is 0 Å². The standard InChI is InChI=1S/C15H12BrN3O5/c16-11-3-1-2-4-14(11)24-9-15(21)18-17-8-10-5-6-13(20)12(7-10)19(22)23/h1-8,20H,9H2,(H,18,21)/b17-8+. The molecule has 2 rings (SSSR count). The van der Waals surface area contributed by atoms with Crippen LogP contribution in [0.5, 0.6) is 11.5 Å². The molecule has 124 valence electrons. The number of phenolic OH excluding ortho intramolecular Hbond substituents is 1. The van der Waals surface area contributed by atoms with Crippen LogP contribution in [0.1, 0.15) is 5.56 Å². The van der Waals surface area contributed by atoms with E-state index in [2.05, 4.69) is 26.5 Å². The number of nitro groups is 1. The predicted octanol–water partition coefficient (Wildman–Crippen LogP) is 2.59. The molecule has 0 radical (unpaired) electrons. The van der Waals surface area contributed by atoms with Gasteiger partial charge in [0.05, 0.1) is 15.6 Å². The minimum atomic E-state index is -0.711. The zero-order valence-corrected chi connectivity index (χ0v) is 13.8. The van der Waals surface area contributed by atoms with Crippen molar-refractivity contribution >= 4 is 33.7 Å². The Morgan fingerprint density at radius 1 is 1.38 bits per heavy atom. The molecule has 0 fully saturated rings. The number of nitrogens with one attached hydrogen (secondary N) is 1. The third kappa shape index (κ3) is 4.78. The third-order valence-electron chi connectivity index (χ3n) is 2.79. The summed E-state index contributed by atoms with van der Waals surface area (Å²) in [7, 11) is 0. The van der Waals surface area contributed by atoms with Crippen LogP contribution in [0.3, 0.4) is 0 Å². The number of benzene rings is 2. The van der Waals surface area contributed by atoms with E-state index in [0.29, 0.717) is 11.3 Å². The quantitative estimate of drug-likeness (QED) is 0.444. The number of phenols is 1. The van der Waals surface area contributed by atoms with E-state index in [1.807, 2.05) is 6.07 Å². The van der Waals surface area contributed by atoms with Crippen LogP contribution >= 0.6 is 15.9 Å². The summed E-state index contributed by atoms with van der Waals surface area (Å²) in [4.78, 5) is 21.6. The number of hydrogen-bond acceptors (Lipinski definition) is 6. The Kier molecular flexibility index (Phi) is 5.85. The van der Waals surface area contributed by atoms with Crippen LogP contribution in [0.4, 0.5) is 5.69 Å². The van der Waals surface area contributed by atoms with Crippen LogP contribution in [0.25, 0.3) is 0 Å². The Bertz CT molecular complexity index is 794. The smallest absolute Gasteiger partial charge is 0.311 e. The lowest BCUT2D eigenvalue weighted by atomic mass is 10.2. The van der Waals surface area contributed by atoms with Crippen molar-refractivity contribution in [2.45, 2.75) is 0 Å². The van der Waals surface area contributed by atoms with Gasteiger partial charge in [-0.15, -0.1) is 0 Å². The average molecular weight is 394 g/mol. The SMILES string of the molecule is O=C(COc1ccccc1Br)N/N=C/c1ccc(O)c([N+](=O)[O-])c1. The number of para-hydroxylation sites is 1. The summed E-state index contributed by atoms with van der Waals surface area (Å²) in [5, 5.41) is 23.7. The third-order valence-corrected chi connectivity index (χ3v) is 3.45. The number of rotatable bonds is 6. The van der Waals surface area contributed by atoms with Crippen LogP contribution < -0.4 is 10.2 Å². The van der Waals surface area contributed by atoms with Crippen molar-refractivity contribution in [2.24, 2.45) is 5.10 Å². The Hall–Kier alpha value is -2.94. The van der Waals surface area contributed by atoms with E-state index in [-0.39, 0.29) is 6.61 Å². The number of carbonyl (C=O) groups is 1. The summed E-state index contributed by atoms with van der Waals surface area (Å²) in [6, 6.07) is 10.8. The lowest BCUT2D eigenvalue weighted by molar-refractivity contribution is -0.385. The number of carbonyl (C=O) groups excluding carboxylic acids is 1. The molecule has 2 N–H and O–H groups in total. The molecule has 24 heavy (non-hydrogen) atoms. The van der Waals surface area contributed by atoms with Gasteiger partial charge in [0.2, 0.25) is 0 Å². The molecule has 0 bridgehead atoms. The minimum absolute atomic E-state index is 0.240. The van der Waals surface area contributed by atoms with Gasteiger partial charge in [-0.2, -0.15) is 5.10 Å². The Morgan fingerprint density at radius 2 is 2.12 bits per heavy atom. The van der Waals surface area contributed by atoms with Crippen molar-refractivity contribution in [3.8, 4) is 11.5 Å². The van der Waals surface area contributed by atoms with Gasteiger partial charge in [0.25, 0.3) is 5.91 Å². The van der Waals surface area contributed by atoms with E-state index in [4.69, 9.17) is 4.74 Å². The van der Waals surface area contributed by atoms with Crippen LogP contribution in [-0.4, -0.2) is 28.8 Å². The van der Waals surface area contributed by atoms with Crippen molar-refractivity contribution in [1.29, 1.82) is 0 Å². The van der Waals surface area contributed by atoms with Gasteiger partial charge in [0, 0.05) is 11.6 Å². The molecule has 0 heterocycles. The summed E-state index contributed by atoms with van der Waals surface area (Å²) in [6.45, 7) is -0.240. The van der Waals surface area contributed by atoms with Gasteiger partial charge in [-0.25, -0.2) is 5.43 Å². The van der Waals surface area contributed by atoms with Gasteiger partial charge < -0.3 is 9.84 Å². The molecule has 9 heteroatoms. The van der Waals surface area contributed by atoms with E-state index in [1.165, 1.54) is 18.3 Å². The highest BCUT2D eigenvalue weighted by Crippen LogP contribution is 2.25. The zero-order chi connectivity index (χ0) is 17.5. The van der Waals surface area contributed by atoms with Crippen LogP contribution in [-0.2, 0) is 4.79 Å². The summed E-state index contributed by atoms with van der Waals surface area (Å²) >= 11 is 3.29. The Balaban J connectivity index is 1.90. The number of amides is 1. The molecule has 0 aliphatic rings. The van der Waals surface area contributed by atoms with Crippen LogP contribution in [0.2, 0.25) is 0 Å². The number of halogens is 1. The summed E-state index contributed by atoms with van der Waals surface area (Å²) in [5.41, 5.74) is 2.15. The summed E-state index contributed by atoms with van der Waals surface area (Å²) < 4.78 is 6.03. The first-order valence-corrected chi connectivity index (χ1v) is 7.43. The second kappa shape index (κ2) is 8.06. The Morgan fingerprint density at radius 3 is 2.83 bits per heavy atom. The lowest BCUT2D eigenvalue weighted by Gasteiger charge is -2.06. The number of hydrazone groups is 1. The van der Waals surface area contributed by atoms with Crippen LogP contribution in [0, 0.1) is 10.1 Å². The molecule has 0 saturated carbocycles. The van der Waals surface area contributed by atoms with E-state index in [1.54, 1.807) is 18.2 Å². The second-order valence-corrected chi connectivity index (χ2v) is 5.37. The summed E-state index contributed by atoms with van der Waals surface area (Å²) in [6.07, 6.45) is 1.22. The van der Waals surface area contributed by atoms with Crippen molar-refractivity contribution < 1.29 is 19.6 Å². The number of aromatic hydroxyl groups is 1. The number of nitro benzene ring substituents is 1. The number of nitrogens with zero attached hydrogens (tertiary/aromatic N) is 2. The van der Waals surface area contributed by atoms with E-state index < -0.39 is 22.3 Å². The van der Waals surface area contributed by atoms with Crippen molar-refractivity contribution in [3.05, 3.63) is 62.6 Å². The molecule has 1 amide bonds. The molecule has 0 atom stereocenters. The molecule has 8 nitrogen and oxygen atoms in total. The van der Waals surface area contributed by atoms with Gasteiger partial charge in [-0.1, -0.05) is 12.1 Å². The lowest BCUT2D eigenvalue weighted by Crippen LogP contribution is -2.24. The second-order valence-electron chi connectivity index (χ2n) is 4.52. The average Bonchev–Trinajstić information content (AvgIpc) is 2.55. The molecular weight excluding hydrogens is 382 g/mol. The number of hydrogen-bond donors (Lipinski definition) is 2.